The second kappa shape index (κ2) is 17.8. The van der Waals surface area contributed by atoms with Gasteiger partial charge in [-0.05, 0) is 19.3 Å². The van der Waals surface area contributed by atoms with Crippen LogP contribution in [0.15, 0.2) is 12.7 Å². The average molecular weight is 297 g/mol. The number of epoxide rings is 1. The number of ether oxygens (including phenoxy) is 1. The van der Waals surface area contributed by atoms with Gasteiger partial charge in [0.1, 0.15) is 0 Å². The Hall–Kier alpha value is -0.300. The molecule has 0 aromatic heterocycles. The van der Waals surface area contributed by atoms with Crippen LogP contribution in [0.1, 0.15) is 104 Å². The predicted molar refractivity (Wildman–Crippen MR) is 95.9 cm³/mol. The van der Waals surface area contributed by atoms with Crippen molar-refractivity contribution < 1.29 is 4.74 Å². The predicted octanol–water partition coefficient (Wildman–Crippen LogP) is 7.06. The van der Waals surface area contributed by atoms with Crippen molar-refractivity contribution in [1.82, 2.24) is 0 Å². The maximum absolute atomic E-state index is 5.14. The third-order valence-corrected chi connectivity index (χ3v) is 4.04. The molecule has 0 amide bonds. The van der Waals surface area contributed by atoms with Crippen LogP contribution in [-0.2, 0) is 4.74 Å². The minimum atomic E-state index is 0.654. The highest BCUT2D eigenvalue weighted by molar-refractivity contribution is 4.68. The third-order valence-electron chi connectivity index (χ3n) is 4.04. The van der Waals surface area contributed by atoms with Crippen LogP contribution in [0.2, 0.25) is 0 Å². The lowest BCUT2D eigenvalue weighted by Gasteiger charge is -1.97. The fraction of sp³-hybridized carbons (Fsp3) is 0.900. The highest BCUT2D eigenvalue weighted by atomic mass is 16.6. The van der Waals surface area contributed by atoms with E-state index in [4.69, 9.17) is 4.74 Å². The standard InChI is InChI=1S/C10H20O.C10H20/c1-2-3-4-5-6-7-8-10-9-11-10;1-3-5-7-9-10-8-6-4-2/h10H,2-9H2,1H3;3H,1,4-10H2,2H3. The summed E-state index contributed by atoms with van der Waals surface area (Å²) in [6, 6.07) is 0. The molecule has 1 aliphatic rings. The van der Waals surface area contributed by atoms with E-state index in [1.165, 1.54) is 89.9 Å². The Balaban J connectivity index is 0.000000384. The Morgan fingerprint density at radius 1 is 0.810 bits per heavy atom. The molecule has 0 aliphatic carbocycles. The van der Waals surface area contributed by atoms with Gasteiger partial charge in [-0.2, -0.15) is 0 Å². The van der Waals surface area contributed by atoms with E-state index in [2.05, 4.69) is 20.4 Å². The molecule has 1 rings (SSSR count). The van der Waals surface area contributed by atoms with Crippen LogP contribution in [-0.4, -0.2) is 12.7 Å². The summed E-state index contributed by atoms with van der Waals surface area (Å²) in [5, 5.41) is 0. The summed E-state index contributed by atoms with van der Waals surface area (Å²) in [5.41, 5.74) is 0. The first-order chi connectivity index (χ1) is 10.3. The lowest BCUT2D eigenvalue weighted by atomic mass is 10.1. The van der Waals surface area contributed by atoms with Gasteiger partial charge in [-0.1, -0.05) is 90.6 Å². The maximum atomic E-state index is 5.14. The molecule has 0 bridgehead atoms. The van der Waals surface area contributed by atoms with Crippen molar-refractivity contribution in [1.29, 1.82) is 0 Å². The fourth-order valence-corrected chi connectivity index (χ4v) is 2.46. The summed E-state index contributed by atoms with van der Waals surface area (Å²) in [4.78, 5) is 0. The monoisotopic (exact) mass is 296 g/mol. The van der Waals surface area contributed by atoms with Gasteiger partial charge in [-0.15, -0.1) is 6.58 Å². The summed E-state index contributed by atoms with van der Waals surface area (Å²) in [6.45, 7) is 9.25. The number of hydrogen-bond acceptors (Lipinski definition) is 1. The Kier molecular flexibility index (Phi) is 17.5. The van der Waals surface area contributed by atoms with E-state index < -0.39 is 0 Å². The largest absolute Gasteiger partial charge is 0.373 e. The summed E-state index contributed by atoms with van der Waals surface area (Å²) in [6.07, 6.45) is 22.0. The molecule has 126 valence electrons. The Bertz CT molecular complexity index is 196. The highest BCUT2D eigenvalue weighted by Crippen LogP contribution is 2.17. The molecular weight excluding hydrogens is 256 g/mol. The van der Waals surface area contributed by atoms with Gasteiger partial charge in [-0.3, -0.25) is 0 Å². The molecule has 1 heterocycles. The summed E-state index contributed by atoms with van der Waals surface area (Å²) < 4.78 is 5.14. The molecule has 0 aromatic rings. The molecule has 0 spiro atoms. The molecule has 1 fully saturated rings. The zero-order valence-electron chi connectivity index (χ0n) is 14.9. The van der Waals surface area contributed by atoms with Gasteiger partial charge in [0.15, 0.2) is 0 Å². The van der Waals surface area contributed by atoms with Crippen molar-refractivity contribution in [3.63, 3.8) is 0 Å². The van der Waals surface area contributed by atoms with Crippen molar-refractivity contribution in [3.8, 4) is 0 Å². The van der Waals surface area contributed by atoms with Crippen LogP contribution in [0, 0.1) is 0 Å². The third kappa shape index (κ3) is 19.7. The first-order valence-electron chi connectivity index (χ1n) is 9.57. The second-order valence-corrected chi connectivity index (χ2v) is 6.36. The Morgan fingerprint density at radius 2 is 1.29 bits per heavy atom. The Morgan fingerprint density at radius 3 is 1.76 bits per heavy atom. The quantitative estimate of drug-likeness (QED) is 0.190. The van der Waals surface area contributed by atoms with Gasteiger partial charge >= 0.3 is 0 Å². The normalized spacial score (nSPS) is 16.2. The maximum Gasteiger partial charge on any atom is 0.0810 e. The molecule has 0 N–H and O–H groups in total. The van der Waals surface area contributed by atoms with Crippen molar-refractivity contribution in [2.45, 2.75) is 110 Å². The van der Waals surface area contributed by atoms with Gasteiger partial charge in [0, 0.05) is 0 Å². The molecule has 0 radical (unpaired) electrons. The molecule has 1 nitrogen and oxygen atoms in total. The smallest absolute Gasteiger partial charge is 0.0810 e. The topological polar surface area (TPSA) is 12.5 Å². The first-order valence-corrected chi connectivity index (χ1v) is 9.57. The minimum absolute atomic E-state index is 0.654. The van der Waals surface area contributed by atoms with Gasteiger partial charge < -0.3 is 4.74 Å². The van der Waals surface area contributed by atoms with Crippen LogP contribution in [0.3, 0.4) is 0 Å². The van der Waals surface area contributed by atoms with E-state index in [0.29, 0.717) is 6.10 Å². The molecule has 0 aromatic carbocycles. The van der Waals surface area contributed by atoms with Crippen LogP contribution < -0.4 is 0 Å². The summed E-state index contributed by atoms with van der Waals surface area (Å²) in [7, 11) is 0. The summed E-state index contributed by atoms with van der Waals surface area (Å²) in [5.74, 6) is 0. The lowest BCUT2D eigenvalue weighted by Crippen LogP contribution is -1.85. The molecule has 1 saturated heterocycles. The number of unbranched alkanes of at least 4 members (excludes halogenated alkanes) is 11. The molecule has 21 heavy (non-hydrogen) atoms. The van der Waals surface area contributed by atoms with E-state index in [9.17, 15) is 0 Å². The van der Waals surface area contributed by atoms with Crippen molar-refractivity contribution in [2.75, 3.05) is 6.61 Å². The van der Waals surface area contributed by atoms with E-state index >= 15 is 0 Å². The lowest BCUT2D eigenvalue weighted by molar-refractivity contribution is 0.387. The minimum Gasteiger partial charge on any atom is -0.373 e. The molecule has 1 aliphatic heterocycles. The van der Waals surface area contributed by atoms with Crippen molar-refractivity contribution in [3.05, 3.63) is 12.7 Å². The number of hydrogen-bond donors (Lipinski definition) is 0. The van der Waals surface area contributed by atoms with Crippen molar-refractivity contribution >= 4 is 0 Å². The number of allylic oxidation sites excluding steroid dienone is 1. The van der Waals surface area contributed by atoms with Gasteiger partial charge in [0.2, 0.25) is 0 Å². The van der Waals surface area contributed by atoms with Crippen LogP contribution in [0.25, 0.3) is 0 Å². The fourth-order valence-electron chi connectivity index (χ4n) is 2.46. The zero-order valence-corrected chi connectivity index (χ0v) is 14.9. The van der Waals surface area contributed by atoms with E-state index in [1.807, 2.05) is 6.08 Å². The molecule has 1 heteroatoms. The van der Waals surface area contributed by atoms with Gasteiger partial charge in [0.25, 0.3) is 0 Å². The average Bonchev–Trinajstić information content (AvgIpc) is 3.31. The van der Waals surface area contributed by atoms with E-state index in [-0.39, 0.29) is 0 Å². The molecular formula is C20H40O. The van der Waals surface area contributed by atoms with Gasteiger partial charge in [0.05, 0.1) is 12.7 Å². The molecule has 0 saturated carbocycles. The van der Waals surface area contributed by atoms with Crippen LogP contribution >= 0.6 is 0 Å². The van der Waals surface area contributed by atoms with Gasteiger partial charge in [-0.25, -0.2) is 0 Å². The van der Waals surface area contributed by atoms with E-state index in [0.717, 1.165) is 6.61 Å². The Labute approximate surface area is 134 Å². The van der Waals surface area contributed by atoms with Crippen molar-refractivity contribution in [2.24, 2.45) is 0 Å². The van der Waals surface area contributed by atoms with Crippen LogP contribution in [0.4, 0.5) is 0 Å². The van der Waals surface area contributed by atoms with Crippen LogP contribution in [0.5, 0.6) is 0 Å². The molecule has 1 atom stereocenters. The SMILES string of the molecule is C=CCCCCCCCC.CCCCCCCCC1CO1. The second-order valence-electron chi connectivity index (χ2n) is 6.36. The summed E-state index contributed by atoms with van der Waals surface area (Å²) >= 11 is 0. The number of rotatable bonds is 14. The van der Waals surface area contributed by atoms with E-state index in [1.54, 1.807) is 0 Å². The molecule has 1 unspecified atom stereocenters. The first kappa shape index (κ1) is 20.7. The highest BCUT2D eigenvalue weighted by Gasteiger charge is 2.20. The zero-order chi connectivity index (χ0) is 15.6.